The number of carbonyl (C=O) groups is 2. The molecule has 0 radical (unpaired) electrons. The fraction of sp³-hybridized carbons (Fsp3) is 0.756. The third-order valence-electron chi connectivity index (χ3n) is 8.12. The number of carbonyl (C=O) groups excluding carboxylic acids is 2. The maximum atomic E-state index is 12.6. The Morgan fingerprint density at radius 3 is 1.67 bits per heavy atom. The number of hydrogen-bond acceptors (Lipinski definition) is 7. The largest absolute Gasteiger partial charge is 0.472 e. The molecule has 0 spiro atoms. The molecule has 0 bridgehead atoms. The van der Waals surface area contributed by atoms with Crippen LogP contribution >= 0.6 is 7.82 Å². The summed E-state index contributed by atoms with van der Waals surface area (Å²) in [7, 11) is 1.46. The van der Waals surface area contributed by atoms with Crippen LogP contribution in [-0.4, -0.2) is 74.9 Å². The van der Waals surface area contributed by atoms with Gasteiger partial charge in [-0.15, -0.1) is 0 Å². The zero-order valence-electron chi connectivity index (χ0n) is 33.1. The molecule has 51 heavy (non-hydrogen) atoms. The van der Waals surface area contributed by atoms with Gasteiger partial charge in [-0.05, 0) is 51.4 Å². The summed E-state index contributed by atoms with van der Waals surface area (Å²) in [6.07, 6.45) is 37.4. The van der Waals surface area contributed by atoms with Crippen LogP contribution in [-0.2, 0) is 32.7 Å². The average Bonchev–Trinajstić information content (AvgIpc) is 3.07. The summed E-state index contributed by atoms with van der Waals surface area (Å²) < 4.78 is 34.1. The Morgan fingerprint density at radius 2 is 1.12 bits per heavy atom. The van der Waals surface area contributed by atoms with E-state index in [9.17, 15) is 19.0 Å². The van der Waals surface area contributed by atoms with Gasteiger partial charge in [-0.3, -0.25) is 18.6 Å². The van der Waals surface area contributed by atoms with Crippen LogP contribution in [0.1, 0.15) is 149 Å². The van der Waals surface area contributed by atoms with E-state index in [1.807, 2.05) is 21.1 Å². The van der Waals surface area contributed by atoms with Crippen LogP contribution in [0.5, 0.6) is 0 Å². The molecule has 0 amide bonds. The van der Waals surface area contributed by atoms with Crippen molar-refractivity contribution in [3.05, 3.63) is 48.6 Å². The zero-order chi connectivity index (χ0) is 37.9. The van der Waals surface area contributed by atoms with Gasteiger partial charge in [0.2, 0.25) is 0 Å². The van der Waals surface area contributed by atoms with Crippen molar-refractivity contribution < 1.29 is 42.1 Å². The van der Waals surface area contributed by atoms with E-state index >= 15 is 0 Å². The Morgan fingerprint density at radius 1 is 0.627 bits per heavy atom. The number of nitrogens with zero attached hydrogens (tertiary/aromatic N) is 1. The molecule has 2 unspecified atom stereocenters. The fourth-order valence-corrected chi connectivity index (χ4v) is 5.74. The first-order valence-electron chi connectivity index (χ1n) is 19.9. The quantitative estimate of drug-likeness (QED) is 0.0225. The van der Waals surface area contributed by atoms with Crippen LogP contribution in [0, 0.1) is 0 Å². The minimum Gasteiger partial charge on any atom is -0.462 e. The van der Waals surface area contributed by atoms with E-state index in [2.05, 4.69) is 62.5 Å². The first-order chi connectivity index (χ1) is 24.5. The molecular formula is C41H75NO8P+. The molecule has 296 valence electrons. The Hall–Kier alpha value is -2.03. The highest BCUT2D eigenvalue weighted by Crippen LogP contribution is 2.43. The van der Waals surface area contributed by atoms with Crippen molar-refractivity contribution in [2.75, 3.05) is 47.5 Å². The molecule has 0 aromatic heterocycles. The van der Waals surface area contributed by atoms with E-state index < -0.39 is 26.5 Å². The van der Waals surface area contributed by atoms with E-state index in [0.717, 1.165) is 83.5 Å². The molecule has 0 saturated heterocycles. The van der Waals surface area contributed by atoms with Gasteiger partial charge < -0.3 is 18.9 Å². The minimum atomic E-state index is -4.37. The predicted octanol–water partition coefficient (Wildman–Crippen LogP) is 10.7. The molecule has 1 N–H and O–H groups in total. The molecule has 9 nitrogen and oxygen atoms in total. The monoisotopic (exact) mass is 741 g/mol. The van der Waals surface area contributed by atoms with Crippen LogP contribution in [0.25, 0.3) is 0 Å². The van der Waals surface area contributed by atoms with Gasteiger partial charge in [0.1, 0.15) is 19.8 Å². The third kappa shape index (κ3) is 37.5. The van der Waals surface area contributed by atoms with Gasteiger partial charge in [0, 0.05) is 12.8 Å². The molecular weight excluding hydrogens is 665 g/mol. The number of phosphoric acid groups is 1. The highest BCUT2D eigenvalue weighted by Gasteiger charge is 2.27. The second-order valence-electron chi connectivity index (χ2n) is 14.3. The van der Waals surface area contributed by atoms with E-state index in [0.29, 0.717) is 17.4 Å². The molecule has 0 saturated carbocycles. The average molecular weight is 741 g/mol. The number of rotatable bonds is 35. The molecule has 0 aromatic rings. The molecule has 0 rings (SSSR count). The van der Waals surface area contributed by atoms with Crippen molar-refractivity contribution in [1.29, 1.82) is 0 Å². The minimum absolute atomic E-state index is 0.0275. The summed E-state index contributed by atoms with van der Waals surface area (Å²) in [5, 5.41) is 0. The van der Waals surface area contributed by atoms with E-state index in [1.165, 1.54) is 32.1 Å². The van der Waals surface area contributed by atoms with Crippen LogP contribution in [0.3, 0.4) is 0 Å². The highest BCUT2D eigenvalue weighted by atomic mass is 31.2. The van der Waals surface area contributed by atoms with Gasteiger partial charge in [-0.25, -0.2) is 4.57 Å². The number of esters is 2. The number of unbranched alkanes of at least 4 members (excludes halogenated alkanes) is 13. The molecule has 2 atom stereocenters. The van der Waals surface area contributed by atoms with E-state index in [4.69, 9.17) is 18.5 Å². The summed E-state index contributed by atoms with van der Waals surface area (Å²) in [5.74, 6) is -0.823. The lowest BCUT2D eigenvalue weighted by Gasteiger charge is -2.24. The number of likely N-dealkylation sites (N-methyl/N-ethyl adjacent to an activating group) is 1. The topological polar surface area (TPSA) is 108 Å². The maximum absolute atomic E-state index is 12.6. The van der Waals surface area contributed by atoms with Crippen LogP contribution in [0.2, 0.25) is 0 Å². The fourth-order valence-electron chi connectivity index (χ4n) is 5.00. The Balaban J connectivity index is 4.38. The Labute approximate surface area is 312 Å². The van der Waals surface area contributed by atoms with Crippen molar-refractivity contribution >= 4 is 19.8 Å². The van der Waals surface area contributed by atoms with E-state index in [-0.39, 0.29) is 32.0 Å². The van der Waals surface area contributed by atoms with Gasteiger partial charge >= 0.3 is 19.8 Å². The lowest BCUT2D eigenvalue weighted by atomic mass is 10.1. The second-order valence-corrected chi connectivity index (χ2v) is 15.7. The summed E-state index contributed by atoms with van der Waals surface area (Å²) in [5.41, 5.74) is 0. The van der Waals surface area contributed by atoms with Gasteiger partial charge in [-0.1, -0.05) is 133 Å². The second kappa shape index (κ2) is 33.8. The molecule has 0 aromatic carbocycles. The lowest BCUT2D eigenvalue weighted by molar-refractivity contribution is -0.870. The van der Waals surface area contributed by atoms with Crippen LogP contribution < -0.4 is 0 Å². The van der Waals surface area contributed by atoms with Gasteiger partial charge in [0.25, 0.3) is 0 Å². The van der Waals surface area contributed by atoms with Crippen molar-refractivity contribution in [2.45, 2.75) is 155 Å². The molecule has 0 aliphatic carbocycles. The van der Waals surface area contributed by atoms with Crippen molar-refractivity contribution in [3.63, 3.8) is 0 Å². The van der Waals surface area contributed by atoms with E-state index in [1.54, 1.807) is 0 Å². The SMILES string of the molecule is CC/C=C\C/C=C\C/C=C\C/C=C\CCCCCCCCC(=O)OC(COC(=O)CCCCCCCCCC)COP(=O)(O)OCC[N+](C)(C)C. The molecule has 10 heteroatoms. The Kier molecular flexibility index (Phi) is 32.4. The van der Waals surface area contributed by atoms with Gasteiger partial charge in [0.15, 0.2) is 6.10 Å². The standard InChI is InChI=1S/C41H74NO8P/c1-6-8-10-12-14-16-17-18-19-20-21-22-23-24-25-26-28-30-32-34-41(44)50-39(38-49-51(45,46)48-36-35-42(3,4)5)37-47-40(43)33-31-29-27-15-13-11-9-7-2/h8,10,14,16,18-19,21-22,39H,6-7,9,11-13,15,17,20,23-38H2,1-5H3/p+1/b10-8-,16-14-,19-18-,22-21-. The summed E-state index contributed by atoms with van der Waals surface area (Å²) in [6.45, 7) is 4.24. The first-order valence-corrected chi connectivity index (χ1v) is 21.4. The lowest BCUT2D eigenvalue weighted by Crippen LogP contribution is -2.37. The highest BCUT2D eigenvalue weighted by molar-refractivity contribution is 7.47. The van der Waals surface area contributed by atoms with Crippen LogP contribution in [0.4, 0.5) is 0 Å². The van der Waals surface area contributed by atoms with Crippen molar-refractivity contribution in [3.8, 4) is 0 Å². The number of phosphoric ester groups is 1. The number of allylic oxidation sites excluding steroid dienone is 8. The summed E-state index contributed by atoms with van der Waals surface area (Å²) >= 11 is 0. The third-order valence-corrected chi connectivity index (χ3v) is 9.11. The molecule has 0 fully saturated rings. The molecule has 0 aliphatic rings. The van der Waals surface area contributed by atoms with Gasteiger partial charge in [0.05, 0.1) is 27.7 Å². The predicted molar refractivity (Wildman–Crippen MR) is 210 cm³/mol. The zero-order valence-corrected chi connectivity index (χ0v) is 34.0. The van der Waals surface area contributed by atoms with Gasteiger partial charge in [-0.2, -0.15) is 0 Å². The smallest absolute Gasteiger partial charge is 0.462 e. The first kappa shape index (κ1) is 49.0. The maximum Gasteiger partial charge on any atom is 0.472 e. The molecule has 0 heterocycles. The number of hydrogen-bond donors (Lipinski definition) is 1. The normalized spacial score (nSPS) is 14.2. The van der Waals surface area contributed by atoms with Crippen LogP contribution in [0.15, 0.2) is 48.6 Å². The van der Waals surface area contributed by atoms with Crippen molar-refractivity contribution in [1.82, 2.24) is 0 Å². The number of quaternary nitrogens is 1. The summed E-state index contributed by atoms with van der Waals surface area (Å²) in [6, 6.07) is 0. The Bertz CT molecular complexity index is 1020. The summed E-state index contributed by atoms with van der Waals surface area (Å²) in [4.78, 5) is 35.1. The van der Waals surface area contributed by atoms with Crippen molar-refractivity contribution in [2.24, 2.45) is 0 Å². The number of ether oxygens (including phenoxy) is 2. The molecule has 0 aliphatic heterocycles.